The molecule has 2 amide bonds. The van der Waals surface area contributed by atoms with Gasteiger partial charge in [-0.1, -0.05) is 6.07 Å². The first-order chi connectivity index (χ1) is 22.9. The fraction of sp³-hybridized carbons (Fsp3) is 0.500. The average Bonchev–Trinajstić information content (AvgIpc) is 3.97. The fourth-order valence-electron chi connectivity index (χ4n) is 6.13. The number of hydrogen-bond donors (Lipinski definition) is 2. The Kier molecular flexibility index (Phi) is 9.43. The maximum Gasteiger partial charge on any atom is 0.410 e. The number of benzene rings is 1. The number of piperazine rings is 1. The third-order valence-corrected chi connectivity index (χ3v) is 9.05. The molecule has 2 N–H and O–H groups in total. The van der Waals surface area contributed by atoms with Crippen LogP contribution in [-0.4, -0.2) is 83.2 Å². The van der Waals surface area contributed by atoms with Crippen molar-refractivity contribution in [1.82, 2.24) is 25.1 Å². The predicted octanol–water partition coefficient (Wildman–Crippen LogP) is 5.52. The molecule has 0 spiro atoms. The van der Waals surface area contributed by atoms with Gasteiger partial charge in [-0.15, -0.1) is 0 Å². The summed E-state index contributed by atoms with van der Waals surface area (Å²) in [5.41, 5.74) is 2.26. The number of hydrogen-bond acceptors (Lipinski definition) is 9. The van der Waals surface area contributed by atoms with E-state index in [4.69, 9.17) is 19.2 Å². The van der Waals surface area contributed by atoms with Crippen LogP contribution in [0.15, 0.2) is 48.8 Å². The summed E-state index contributed by atoms with van der Waals surface area (Å²) >= 11 is 0. The third-order valence-electron chi connectivity index (χ3n) is 9.05. The summed E-state index contributed by atoms with van der Waals surface area (Å²) in [6.07, 6.45) is 4.96. The van der Waals surface area contributed by atoms with Crippen LogP contribution in [0.5, 0.6) is 5.75 Å². The number of likely N-dealkylation sites (N-methyl/N-ethyl adjacent to an activating group) is 1. The van der Waals surface area contributed by atoms with Gasteiger partial charge in [0.1, 0.15) is 11.4 Å². The number of carbonyl (C=O) groups is 2. The van der Waals surface area contributed by atoms with Gasteiger partial charge in [-0.3, -0.25) is 20.0 Å². The van der Waals surface area contributed by atoms with Crippen molar-refractivity contribution < 1.29 is 28.2 Å². The van der Waals surface area contributed by atoms with Crippen LogP contribution >= 0.6 is 0 Å². The number of anilines is 1. The van der Waals surface area contributed by atoms with Crippen LogP contribution in [0.4, 0.5) is 15.0 Å². The summed E-state index contributed by atoms with van der Waals surface area (Å²) in [6, 6.07) is 10.4. The summed E-state index contributed by atoms with van der Waals surface area (Å²) in [5.74, 6) is -0.126. The van der Waals surface area contributed by atoms with E-state index in [2.05, 4.69) is 26.6 Å². The second kappa shape index (κ2) is 13.4. The molecule has 2 aliphatic heterocycles. The number of aromatic nitrogens is 2. The molecule has 0 bridgehead atoms. The number of epoxide rings is 1. The number of nitrogens with one attached hydrogen (secondary N) is 2. The highest BCUT2D eigenvalue weighted by Gasteiger charge is 2.48. The largest absolute Gasteiger partial charge is 0.482 e. The van der Waals surface area contributed by atoms with Crippen molar-refractivity contribution in [3.05, 3.63) is 82.6 Å². The van der Waals surface area contributed by atoms with Gasteiger partial charge in [-0.05, 0) is 102 Å². The van der Waals surface area contributed by atoms with E-state index in [0.717, 1.165) is 5.69 Å². The first-order valence-electron chi connectivity index (χ1n) is 16.6. The molecule has 1 unspecified atom stereocenters. The van der Waals surface area contributed by atoms with Crippen molar-refractivity contribution in [1.29, 1.82) is 0 Å². The lowest BCUT2D eigenvalue weighted by Crippen LogP contribution is -2.55. The molecule has 2 saturated heterocycles. The molecule has 12 heteroatoms. The van der Waals surface area contributed by atoms with Crippen LogP contribution in [0.25, 0.3) is 0 Å². The molecule has 48 heavy (non-hydrogen) atoms. The lowest BCUT2D eigenvalue weighted by atomic mass is 9.98. The summed E-state index contributed by atoms with van der Waals surface area (Å²) in [5, 5.41) is 5.82. The highest BCUT2D eigenvalue weighted by atomic mass is 19.1. The van der Waals surface area contributed by atoms with Gasteiger partial charge in [0, 0.05) is 55.7 Å². The molecule has 1 aromatic carbocycles. The van der Waals surface area contributed by atoms with Gasteiger partial charge >= 0.3 is 6.09 Å². The van der Waals surface area contributed by atoms with Crippen molar-refractivity contribution in [2.75, 3.05) is 45.2 Å². The van der Waals surface area contributed by atoms with Gasteiger partial charge in [0.25, 0.3) is 5.91 Å². The average molecular weight is 661 g/mol. The Morgan fingerprint density at radius 3 is 2.54 bits per heavy atom. The minimum absolute atomic E-state index is 0.0635. The smallest absolute Gasteiger partial charge is 0.410 e. The van der Waals surface area contributed by atoms with E-state index in [1.165, 1.54) is 36.7 Å². The number of carbonyl (C=O) groups excluding carboxylic acids is 2. The minimum Gasteiger partial charge on any atom is -0.482 e. The Morgan fingerprint density at radius 2 is 1.94 bits per heavy atom. The van der Waals surface area contributed by atoms with Crippen molar-refractivity contribution >= 4 is 17.8 Å². The second-order valence-corrected chi connectivity index (χ2v) is 14.0. The van der Waals surface area contributed by atoms with Crippen molar-refractivity contribution in [2.45, 2.75) is 76.9 Å². The molecule has 3 aliphatic rings. The number of halogens is 1. The molecular weight excluding hydrogens is 615 g/mol. The first-order valence-corrected chi connectivity index (χ1v) is 16.6. The van der Waals surface area contributed by atoms with Crippen LogP contribution in [0, 0.1) is 12.7 Å². The van der Waals surface area contributed by atoms with Crippen LogP contribution in [0.1, 0.15) is 85.3 Å². The van der Waals surface area contributed by atoms with E-state index < -0.39 is 29.2 Å². The molecule has 0 radical (unpaired) electrons. The Hall–Kier alpha value is -4.13. The number of pyridine rings is 2. The van der Waals surface area contributed by atoms with Crippen LogP contribution in [0.3, 0.4) is 0 Å². The van der Waals surface area contributed by atoms with Crippen molar-refractivity contribution in [3.63, 3.8) is 0 Å². The Morgan fingerprint density at radius 1 is 1.17 bits per heavy atom. The molecule has 3 fully saturated rings. The fourth-order valence-corrected chi connectivity index (χ4v) is 6.13. The number of nitrogens with zero attached hydrogens (tertiary/aromatic N) is 4. The van der Waals surface area contributed by atoms with Gasteiger partial charge < -0.3 is 24.4 Å². The zero-order valence-electron chi connectivity index (χ0n) is 28.5. The molecule has 6 rings (SSSR count). The maximum absolute atomic E-state index is 14.3. The molecule has 4 heterocycles. The normalized spacial score (nSPS) is 21.8. The number of aryl methyl sites for hydroxylation is 1. The number of ether oxygens (including phenoxy) is 3. The molecule has 1 aliphatic carbocycles. The lowest BCUT2D eigenvalue weighted by molar-refractivity contribution is -0.00324. The lowest BCUT2D eigenvalue weighted by Gasteiger charge is -2.41. The number of rotatable bonds is 10. The van der Waals surface area contributed by atoms with Crippen molar-refractivity contribution in [3.8, 4) is 5.75 Å². The van der Waals surface area contributed by atoms with Gasteiger partial charge in [-0.25, -0.2) is 14.2 Å². The third kappa shape index (κ3) is 7.61. The Labute approximate surface area is 281 Å². The quantitative estimate of drug-likeness (QED) is 0.271. The molecule has 2 aromatic heterocycles. The first kappa shape index (κ1) is 33.8. The van der Waals surface area contributed by atoms with Gasteiger partial charge in [0.2, 0.25) is 0 Å². The van der Waals surface area contributed by atoms with Crippen LogP contribution in [-0.2, 0) is 15.2 Å². The highest BCUT2D eigenvalue weighted by Crippen LogP contribution is 2.44. The topological polar surface area (TPSA) is 121 Å². The predicted molar refractivity (Wildman–Crippen MR) is 178 cm³/mol. The Balaban J connectivity index is 1.28. The molecule has 256 valence electrons. The maximum atomic E-state index is 14.3. The van der Waals surface area contributed by atoms with E-state index >= 15 is 0 Å². The molecule has 11 nitrogen and oxygen atoms in total. The summed E-state index contributed by atoms with van der Waals surface area (Å²) in [7, 11) is 1.79. The standard InChI is InChI=1S/C36H45FN6O5/c1-22-16-30(27(36(38-6)21-46-36)17-26(22)33(44)41-32-28(37)8-7-13-39-32)47-31(29-12-11-25(18-40-29)24-9-10-24)20-42-14-15-43(23(2)19-42)34(45)48-35(3,4)5/h7-8,11-13,16-18,23-24,31,38H,9-10,14-15,19-21H2,1-6H3,(H,39,41,44)/t23-,31-,36?/m1/s1. The van der Waals surface area contributed by atoms with E-state index in [0.29, 0.717) is 61.1 Å². The monoisotopic (exact) mass is 660 g/mol. The molecular formula is C36H45FN6O5. The van der Waals surface area contributed by atoms with Gasteiger partial charge in [0.15, 0.2) is 23.5 Å². The number of amides is 2. The van der Waals surface area contributed by atoms with E-state index in [-0.39, 0.29) is 18.0 Å². The minimum atomic E-state index is -0.838. The Bertz CT molecular complexity index is 1650. The van der Waals surface area contributed by atoms with Crippen LogP contribution < -0.4 is 15.4 Å². The van der Waals surface area contributed by atoms with E-state index in [9.17, 15) is 14.0 Å². The summed E-state index contributed by atoms with van der Waals surface area (Å²) < 4.78 is 32.7. The zero-order valence-corrected chi connectivity index (χ0v) is 28.5. The summed E-state index contributed by atoms with van der Waals surface area (Å²) in [6.45, 7) is 12.2. The molecule has 3 atom stereocenters. The zero-order chi connectivity index (χ0) is 34.2. The highest BCUT2D eigenvalue weighted by molar-refractivity contribution is 6.05. The van der Waals surface area contributed by atoms with E-state index in [1.807, 2.05) is 52.9 Å². The van der Waals surface area contributed by atoms with E-state index in [1.54, 1.807) is 18.0 Å². The van der Waals surface area contributed by atoms with Crippen molar-refractivity contribution in [2.24, 2.45) is 0 Å². The van der Waals surface area contributed by atoms with Gasteiger partial charge in [-0.2, -0.15) is 0 Å². The SMILES string of the molecule is CNC1(c2cc(C(=O)Nc3ncccc3F)c(C)cc2O[C@H](CN2CCN(C(=O)OC(C)(C)C)[C@H](C)C2)c2ccc(C3CC3)cn2)CO1. The van der Waals surface area contributed by atoms with Crippen LogP contribution in [0.2, 0.25) is 0 Å². The molecule has 1 saturated carbocycles. The van der Waals surface area contributed by atoms with Gasteiger partial charge in [0.05, 0.1) is 12.3 Å². The second-order valence-electron chi connectivity index (χ2n) is 14.0. The molecule has 3 aromatic rings. The summed E-state index contributed by atoms with van der Waals surface area (Å²) in [4.78, 5) is 39.2.